The van der Waals surface area contributed by atoms with Crippen molar-refractivity contribution in [2.45, 2.75) is 13.8 Å². The van der Waals surface area contributed by atoms with Gasteiger partial charge in [-0.2, -0.15) is 0 Å². The Morgan fingerprint density at radius 1 is 1.57 bits per heavy atom. The zero-order valence-corrected chi connectivity index (χ0v) is 9.89. The lowest BCUT2D eigenvalue weighted by Gasteiger charge is -2.07. The smallest absolute Gasteiger partial charge is 0.256 e. The minimum absolute atomic E-state index is 0. The molecule has 1 aromatic rings. The summed E-state index contributed by atoms with van der Waals surface area (Å²) in [5.74, 6) is 1.27. The molecule has 1 N–H and O–H groups in total. The molecule has 0 fully saturated rings. The topological polar surface area (TPSA) is 39.1 Å². The van der Waals surface area contributed by atoms with E-state index in [1.54, 1.807) is 11.8 Å². The number of aryl methyl sites for hydroxylation is 1. The number of halogens is 1. The lowest BCUT2D eigenvalue weighted by atomic mass is 10.2. The number of nitrogens with zero attached hydrogens (tertiary/aromatic N) is 2. The maximum atomic E-state index is 5.10. The molecule has 5 heteroatoms. The van der Waals surface area contributed by atoms with Crippen LogP contribution in [0.15, 0.2) is 6.20 Å². The molecule has 1 rings (SSSR count). The number of ether oxygens (including phenoxy) is 1. The molecule has 0 saturated heterocycles. The van der Waals surface area contributed by atoms with Crippen LogP contribution in [0, 0.1) is 5.92 Å². The van der Waals surface area contributed by atoms with Gasteiger partial charge in [-0.05, 0) is 5.92 Å². The Balaban J connectivity index is 0.00000169. The first kappa shape index (κ1) is 13.1. The molecular weight excluding hydrogens is 202 g/mol. The fraction of sp³-hybridized carbons (Fsp3) is 0.667. The molecule has 0 aliphatic heterocycles. The summed E-state index contributed by atoms with van der Waals surface area (Å²) in [4.78, 5) is 0. The Labute approximate surface area is 91.0 Å². The third-order valence-corrected chi connectivity index (χ3v) is 1.69. The molecule has 0 bridgehead atoms. The van der Waals surface area contributed by atoms with Gasteiger partial charge >= 0.3 is 0 Å². The van der Waals surface area contributed by atoms with E-state index >= 15 is 0 Å². The maximum absolute atomic E-state index is 5.10. The minimum Gasteiger partial charge on any atom is -0.478 e. The van der Waals surface area contributed by atoms with Crippen molar-refractivity contribution >= 4 is 18.1 Å². The van der Waals surface area contributed by atoms with Crippen LogP contribution in [0.4, 0.5) is 5.69 Å². The molecule has 0 aliphatic rings. The highest BCUT2D eigenvalue weighted by molar-refractivity contribution is 5.85. The number of rotatable bonds is 4. The van der Waals surface area contributed by atoms with Crippen LogP contribution in [0.25, 0.3) is 0 Å². The second-order valence-corrected chi connectivity index (χ2v) is 3.50. The minimum atomic E-state index is 0. The van der Waals surface area contributed by atoms with Gasteiger partial charge in [0.25, 0.3) is 5.88 Å². The van der Waals surface area contributed by atoms with Gasteiger partial charge in [-0.1, -0.05) is 13.8 Å². The molecule has 0 atom stereocenters. The number of nitrogens with one attached hydrogen (secondary N) is 1. The molecule has 0 radical (unpaired) electrons. The van der Waals surface area contributed by atoms with Crippen molar-refractivity contribution < 1.29 is 4.74 Å². The average molecular weight is 220 g/mol. The largest absolute Gasteiger partial charge is 0.478 e. The highest BCUT2D eigenvalue weighted by Gasteiger charge is 2.06. The van der Waals surface area contributed by atoms with Gasteiger partial charge in [-0.3, -0.25) is 4.68 Å². The van der Waals surface area contributed by atoms with Crippen molar-refractivity contribution in [2.75, 3.05) is 19.0 Å². The summed E-state index contributed by atoms with van der Waals surface area (Å²) in [6, 6.07) is 0. The molecule has 4 nitrogen and oxygen atoms in total. The highest BCUT2D eigenvalue weighted by atomic mass is 35.5. The van der Waals surface area contributed by atoms with Gasteiger partial charge in [0.05, 0.1) is 13.3 Å². The predicted octanol–water partition coefficient (Wildman–Crippen LogP) is 1.92. The van der Waals surface area contributed by atoms with Gasteiger partial charge in [-0.15, -0.1) is 17.5 Å². The second kappa shape index (κ2) is 5.75. The number of aromatic nitrogens is 2. The molecule has 82 valence electrons. The van der Waals surface area contributed by atoms with Gasteiger partial charge in [0.15, 0.2) is 0 Å². The summed E-state index contributed by atoms with van der Waals surface area (Å²) >= 11 is 0. The molecule has 0 aromatic carbocycles. The monoisotopic (exact) mass is 219 g/mol. The van der Waals surface area contributed by atoms with Crippen molar-refractivity contribution in [3.63, 3.8) is 0 Å². The van der Waals surface area contributed by atoms with Crippen LogP contribution in [0.2, 0.25) is 0 Å². The summed E-state index contributed by atoms with van der Waals surface area (Å²) in [6.07, 6.45) is 1.92. The van der Waals surface area contributed by atoms with Crippen molar-refractivity contribution in [3.05, 3.63) is 6.20 Å². The van der Waals surface area contributed by atoms with Crippen molar-refractivity contribution in [3.8, 4) is 5.88 Å². The van der Waals surface area contributed by atoms with Crippen molar-refractivity contribution in [1.29, 1.82) is 0 Å². The Morgan fingerprint density at radius 2 is 2.21 bits per heavy atom. The normalized spacial score (nSPS) is 9.79. The molecule has 14 heavy (non-hydrogen) atoms. The van der Waals surface area contributed by atoms with E-state index in [9.17, 15) is 0 Å². The van der Waals surface area contributed by atoms with E-state index in [4.69, 9.17) is 4.74 Å². The van der Waals surface area contributed by atoms with Gasteiger partial charge in [0.2, 0.25) is 0 Å². The van der Waals surface area contributed by atoms with E-state index in [2.05, 4.69) is 24.3 Å². The van der Waals surface area contributed by atoms with Crippen LogP contribution in [0.3, 0.4) is 0 Å². The summed E-state index contributed by atoms with van der Waals surface area (Å²) in [5.41, 5.74) is 0.957. The lowest BCUT2D eigenvalue weighted by molar-refractivity contribution is 0.393. The van der Waals surface area contributed by atoms with Crippen LogP contribution in [0.5, 0.6) is 5.88 Å². The van der Waals surface area contributed by atoms with Crippen LogP contribution < -0.4 is 10.1 Å². The fourth-order valence-corrected chi connectivity index (χ4v) is 1.05. The van der Waals surface area contributed by atoms with Crippen LogP contribution in [-0.2, 0) is 7.05 Å². The molecule has 0 amide bonds. The summed E-state index contributed by atoms with van der Waals surface area (Å²) < 4.78 is 6.84. The third-order valence-electron chi connectivity index (χ3n) is 1.69. The summed E-state index contributed by atoms with van der Waals surface area (Å²) in [5, 5.41) is 7.42. The first-order valence-electron chi connectivity index (χ1n) is 4.45. The highest BCUT2D eigenvalue weighted by Crippen LogP contribution is 2.20. The quantitative estimate of drug-likeness (QED) is 0.841. The Bertz CT molecular complexity index is 273. The number of methoxy groups -OCH3 is 1. The first-order chi connectivity index (χ1) is 6.13. The second-order valence-electron chi connectivity index (χ2n) is 3.50. The summed E-state index contributed by atoms with van der Waals surface area (Å²) in [6.45, 7) is 5.26. The van der Waals surface area contributed by atoms with Gasteiger partial charge < -0.3 is 10.1 Å². The zero-order valence-electron chi connectivity index (χ0n) is 9.07. The molecule has 0 aliphatic carbocycles. The number of anilines is 1. The lowest BCUT2D eigenvalue weighted by Crippen LogP contribution is -2.07. The van der Waals surface area contributed by atoms with Crippen LogP contribution >= 0.6 is 12.4 Å². The Morgan fingerprint density at radius 3 is 2.71 bits per heavy atom. The zero-order chi connectivity index (χ0) is 9.84. The Hall–Kier alpha value is -0.900. The standard InChI is InChI=1S/C9H17N3O.ClH/c1-7(2)5-10-8-6-12(3)11-9(8)13-4;/h6-7,10H,5H2,1-4H3;1H. The molecule has 1 heterocycles. The van der Waals surface area contributed by atoms with Crippen molar-refractivity contribution in [1.82, 2.24) is 9.78 Å². The molecule has 0 saturated carbocycles. The average Bonchev–Trinajstić information content (AvgIpc) is 2.42. The maximum Gasteiger partial charge on any atom is 0.256 e. The summed E-state index contributed by atoms with van der Waals surface area (Å²) in [7, 11) is 3.51. The molecular formula is C9H18ClN3O. The number of hydrogen-bond acceptors (Lipinski definition) is 3. The van der Waals surface area contributed by atoms with Gasteiger partial charge in [0.1, 0.15) is 5.69 Å². The van der Waals surface area contributed by atoms with E-state index in [0.29, 0.717) is 11.8 Å². The van der Waals surface area contributed by atoms with Crippen LogP contribution in [0.1, 0.15) is 13.8 Å². The van der Waals surface area contributed by atoms with E-state index in [-0.39, 0.29) is 12.4 Å². The van der Waals surface area contributed by atoms with Gasteiger partial charge in [0, 0.05) is 13.6 Å². The Kier molecular flexibility index (Phi) is 5.38. The first-order valence-corrected chi connectivity index (χ1v) is 4.45. The molecule has 0 spiro atoms. The predicted molar refractivity (Wildman–Crippen MR) is 60.3 cm³/mol. The van der Waals surface area contributed by atoms with E-state index in [0.717, 1.165) is 12.2 Å². The van der Waals surface area contributed by atoms with Crippen molar-refractivity contribution in [2.24, 2.45) is 13.0 Å². The molecule has 1 aromatic heterocycles. The van der Waals surface area contributed by atoms with E-state index in [1.165, 1.54) is 0 Å². The van der Waals surface area contributed by atoms with E-state index in [1.807, 2.05) is 13.2 Å². The third kappa shape index (κ3) is 3.46. The van der Waals surface area contributed by atoms with Gasteiger partial charge in [-0.25, -0.2) is 0 Å². The SMILES string of the molecule is COc1nn(C)cc1NCC(C)C.Cl. The molecule has 0 unspecified atom stereocenters. The van der Waals surface area contributed by atoms with Crippen LogP contribution in [-0.4, -0.2) is 23.4 Å². The number of hydrogen-bond donors (Lipinski definition) is 1. The fourth-order valence-electron chi connectivity index (χ4n) is 1.05. The van der Waals surface area contributed by atoms with E-state index < -0.39 is 0 Å².